The van der Waals surface area contributed by atoms with Crippen LogP contribution in [-0.4, -0.2) is 0 Å². The molecule has 112 valence electrons. The fourth-order valence-electron chi connectivity index (χ4n) is 2.59. The monoisotopic (exact) mass is 321 g/mol. The molecule has 0 aliphatic heterocycles. The van der Waals surface area contributed by atoms with Gasteiger partial charge in [0.25, 0.3) is 0 Å². The Morgan fingerprint density at radius 1 is 1.10 bits per heavy atom. The number of nitrogens with one attached hydrogen (secondary N) is 1. The van der Waals surface area contributed by atoms with E-state index in [2.05, 4.69) is 44.3 Å². The molecule has 0 aromatic heterocycles. The summed E-state index contributed by atoms with van der Waals surface area (Å²) < 4.78 is 0. The summed E-state index contributed by atoms with van der Waals surface area (Å²) in [6, 6.07) is 12.3. The van der Waals surface area contributed by atoms with Crippen LogP contribution < -0.4 is 5.32 Å². The third-order valence-corrected chi connectivity index (χ3v) is 4.37. The lowest BCUT2D eigenvalue weighted by Crippen LogP contribution is -2.12. The normalized spacial score (nSPS) is 12.2. The number of hydrogen-bond donors (Lipinski definition) is 1. The average Bonchev–Trinajstić information content (AvgIpc) is 2.46. The summed E-state index contributed by atoms with van der Waals surface area (Å²) in [5.41, 5.74) is 4.91. The van der Waals surface area contributed by atoms with Crippen LogP contribution in [0.15, 0.2) is 36.4 Å². The lowest BCUT2D eigenvalue weighted by atomic mass is 10.0. The first-order chi connectivity index (χ1) is 10.1. The lowest BCUT2D eigenvalue weighted by Gasteiger charge is -2.23. The Labute approximate surface area is 137 Å². The summed E-state index contributed by atoms with van der Waals surface area (Å²) in [5, 5.41) is 5.05. The predicted octanol–water partition coefficient (Wildman–Crippen LogP) is 6.43. The zero-order valence-electron chi connectivity index (χ0n) is 12.7. The number of rotatable bonds is 5. The maximum Gasteiger partial charge on any atom is 0.0526 e. The van der Waals surface area contributed by atoms with Gasteiger partial charge in [0, 0.05) is 15.7 Å². The Kier molecular flexibility index (Phi) is 5.55. The Balaban J connectivity index is 2.36. The molecule has 0 amide bonds. The number of para-hydroxylation sites is 1. The van der Waals surface area contributed by atoms with Crippen molar-refractivity contribution >= 4 is 28.9 Å². The molecule has 0 saturated heterocycles. The van der Waals surface area contributed by atoms with Gasteiger partial charge in [-0.2, -0.15) is 0 Å². The van der Waals surface area contributed by atoms with E-state index in [1.54, 1.807) is 6.07 Å². The Bertz CT molecular complexity index is 623. The van der Waals surface area contributed by atoms with Crippen molar-refractivity contribution in [3.8, 4) is 0 Å². The lowest BCUT2D eigenvalue weighted by molar-refractivity contribution is 0.746. The summed E-state index contributed by atoms with van der Waals surface area (Å²) in [4.78, 5) is 0. The van der Waals surface area contributed by atoms with Crippen molar-refractivity contribution < 1.29 is 0 Å². The van der Waals surface area contributed by atoms with Crippen molar-refractivity contribution in [1.29, 1.82) is 0 Å². The second-order valence-corrected chi connectivity index (χ2v) is 6.08. The molecular weight excluding hydrogens is 301 g/mol. The molecule has 1 unspecified atom stereocenters. The fraction of sp³-hybridized carbons (Fsp3) is 0.333. The summed E-state index contributed by atoms with van der Waals surface area (Å²) >= 11 is 12.4. The third-order valence-electron chi connectivity index (χ3n) is 3.80. The molecule has 1 N–H and O–H groups in total. The summed E-state index contributed by atoms with van der Waals surface area (Å²) in [6.07, 6.45) is 1.97. The van der Waals surface area contributed by atoms with Gasteiger partial charge in [-0.15, -0.1) is 0 Å². The first-order valence-corrected chi connectivity index (χ1v) is 8.12. The van der Waals surface area contributed by atoms with Gasteiger partial charge in [-0.25, -0.2) is 0 Å². The van der Waals surface area contributed by atoms with Gasteiger partial charge in [0.2, 0.25) is 0 Å². The van der Waals surface area contributed by atoms with Crippen molar-refractivity contribution in [1.82, 2.24) is 0 Å². The number of aryl methyl sites for hydroxylation is 2. The third kappa shape index (κ3) is 3.72. The molecule has 0 fully saturated rings. The number of hydrogen-bond acceptors (Lipinski definition) is 1. The molecule has 0 aliphatic carbocycles. The van der Waals surface area contributed by atoms with Crippen molar-refractivity contribution in [3.63, 3.8) is 0 Å². The van der Waals surface area contributed by atoms with Crippen LogP contribution in [0, 0.1) is 6.92 Å². The van der Waals surface area contributed by atoms with Crippen LogP contribution in [0.3, 0.4) is 0 Å². The maximum atomic E-state index is 6.36. The molecule has 0 bridgehead atoms. The summed E-state index contributed by atoms with van der Waals surface area (Å²) in [6.45, 7) is 6.47. The molecular formula is C18H21Cl2N. The molecule has 1 atom stereocenters. The van der Waals surface area contributed by atoms with E-state index in [1.165, 1.54) is 16.8 Å². The Morgan fingerprint density at radius 2 is 1.86 bits per heavy atom. The highest BCUT2D eigenvalue weighted by atomic mass is 35.5. The predicted molar refractivity (Wildman–Crippen MR) is 93.7 cm³/mol. The largest absolute Gasteiger partial charge is 0.378 e. The first kappa shape index (κ1) is 16.2. The van der Waals surface area contributed by atoms with E-state index in [1.807, 2.05) is 12.1 Å². The summed E-state index contributed by atoms with van der Waals surface area (Å²) in [5.74, 6) is 0. The molecule has 2 aromatic carbocycles. The topological polar surface area (TPSA) is 12.0 Å². The van der Waals surface area contributed by atoms with E-state index < -0.39 is 0 Å². The van der Waals surface area contributed by atoms with Gasteiger partial charge in [0.1, 0.15) is 0 Å². The molecule has 0 aliphatic rings. The molecule has 3 heteroatoms. The van der Waals surface area contributed by atoms with E-state index in [-0.39, 0.29) is 6.04 Å². The van der Waals surface area contributed by atoms with Gasteiger partial charge in [0.05, 0.1) is 6.04 Å². The van der Waals surface area contributed by atoms with Gasteiger partial charge < -0.3 is 5.32 Å². The zero-order chi connectivity index (χ0) is 15.4. The Hall–Kier alpha value is -1.18. The van der Waals surface area contributed by atoms with E-state index >= 15 is 0 Å². The van der Waals surface area contributed by atoms with Crippen LogP contribution in [0.5, 0.6) is 0 Å². The van der Waals surface area contributed by atoms with Crippen molar-refractivity contribution in [2.24, 2.45) is 0 Å². The van der Waals surface area contributed by atoms with Gasteiger partial charge in [-0.05, 0) is 48.6 Å². The van der Waals surface area contributed by atoms with E-state index in [0.717, 1.165) is 18.4 Å². The highest BCUT2D eigenvalue weighted by Gasteiger charge is 2.15. The van der Waals surface area contributed by atoms with Crippen LogP contribution in [0.2, 0.25) is 10.0 Å². The minimum Gasteiger partial charge on any atom is -0.378 e. The highest BCUT2D eigenvalue weighted by molar-refractivity contribution is 6.35. The zero-order valence-corrected chi connectivity index (χ0v) is 14.2. The van der Waals surface area contributed by atoms with Crippen LogP contribution in [-0.2, 0) is 6.42 Å². The molecule has 1 nitrogen and oxygen atoms in total. The van der Waals surface area contributed by atoms with Crippen LogP contribution in [0.4, 0.5) is 5.69 Å². The Morgan fingerprint density at radius 3 is 2.48 bits per heavy atom. The van der Waals surface area contributed by atoms with E-state index in [4.69, 9.17) is 23.2 Å². The second-order valence-electron chi connectivity index (χ2n) is 5.23. The minimum atomic E-state index is 0.182. The van der Waals surface area contributed by atoms with Gasteiger partial charge in [0.15, 0.2) is 0 Å². The highest BCUT2D eigenvalue weighted by Crippen LogP contribution is 2.32. The molecule has 2 aromatic rings. The van der Waals surface area contributed by atoms with Crippen LogP contribution in [0.1, 0.15) is 43.0 Å². The molecule has 0 heterocycles. The second kappa shape index (κ2) is 7.20. The van der Waals surface area contributed by atoms with Gasteiger partial charge in [-0.3, -0.25) is 0 Å². The number of halogens is 2. The molecule has 0 radical (unpaired) electrons. The molecule has 0 saturated carbocycles. The van der Waals surface area contributed by atoms with E-state index in [9.17, 15) is 0 Å². The smallest absolute Gasteiger partial charge is 0.0526 e. The number of benzene rings is 2. The van der Waals surface area contributed by atoms with Gasteiger partial charge in [-0.1, -0.05) is 61.3 Å². The minimum absolute atomic E-state index is 0.182. The fourth-order valence-corrected chi connectivity index (χ4v) is 3.13. The van der Waals surface area contributed by atoms with E-state index in [0.29, 0.717) is 10.0 Å². The van der Waals surface area contributed by atoms with Crippen LogP contribution >= 0.6 is 23.2 Å². The maximum absolute atomic E-state index is 6.36. The van der Waals surface area contributed by atoms with Crippen molar-refractivity contribution in [2.45, 2.75) is 39.7 Å². The average molecular weight is 322 g/mol. The molecule has 2 rings (SSSR count). The number of anilines is 1. The molecule has 21 heavy (non-hydrogen) atoms. The SMILES string of the molecule is CCc1cccc(C)c1NC(CC)c1ccc(Cl)cc1Cl. The van der Waals surface area contributed by atoms with Crippen molar-refractivity contribution in [3.05, 3.63) is 63.1 Å². The molecule has 0 spiro atoms. The van der Waals surface area contributed by atoms with Crippen LogP contribution in [0.25, 0.3) is 0 Å². The van der Waals surface area contributed by atoms with Crippen molar-refractivity contribution in [2.75, 3.05) is 5.32 Å². The van der Waals surface area contributed by atoms with Gasteiger partial charge >= 0.3 is 0 Å². The summed E-state index contributed by atoms with van der Waals surface area (Å²) in [7, 11) is 0. The standard InChI is InChI=1S/C18H21Cl2N/c1-4-13-8-6-7-12(3)18(13)21-17(5-2)15-10-9-14(19)11-16(15)20/h6-11,17,21H,4-5H2,1-3H3. The quantitative estimate of drug-likeness (QED) is 0.669. The first-order valence-electron chi connectivity index (χ1n) is 7.36.